The van der Waals surface area contributed by atoms with Crippen molar-refractivity contribution in [3.63, 3.8) is 0 Å². The Balaban J connectivity index is 3.04. The zero-order valence-corrected chi connectivity index (χ0v) is 10.6. The van der Waals surface area contributed by atoms with Gasteiger partial charge in [0.1, 0.15) is 0 Å². The first-order chi connectivity index (χ1) is 7.97. The maximum Gasteiger partial charge on any atom is 0.304 e. The molecule has 2 unspecified atom stereocenters. The van der Waals surface area contributed by atoms with Gasteiger partial charge in [-0.15, -0.1) is 0 Å². The van der Waals surface area contributed by atoms with E-state index in [0.717, 1.165) is 0 Å². The first kappa shape index (κ1) is 13.9. The van der Waals surface area contributed by atoms with Gasteiger partial charge in [0.05, 0.1) is 12.1 Å². The minimum Gasteiger partial charge on any atom is -0.481 e. The molecule has 0 radical (unpaired) electrons. The molecule has 0 aliphatic rings. The third-order valence-electron chi connectivity index (χ3n) is 2.58. The molecule has 0 saturated carbocycles. The van der Waals surface area contributed by atoms with Crippen molar-refractivity contribution in [1.29, 1.82) is 0 Å². The zero-order chi connectivity index (χ0) is 12.9. The molecular weight excluding hydrogens is 239 g/mol. The van der Waals surface area contributed by atoms with E-state index in [0.29, 0.717) is 12.0 Å². The van der Waals surface area contributed by atoms with E-state index in [4.69, 9.17) is 5.11 Å². The summed E-state index contributed by atoms with van der Waals surface area (Å²) in [6.07, 6.45) is 0.411. The van der Waals surface area contributed by atoms with E-state index in [1.54, 1.807) is 30.3 Å². The van der Waals surface area contributed by atoms with Crippen molar-refractivity contribution in [1.82, 2.24) is 0 Å². The summed E-state index contributed by atoms with van der Waals surface area (Å²) in [6, 6.07) is 8.69. The molecule has 1 aromatic carbocycles. The molecule has 2 atom stereocenters. The average molecular weight is 256 g/mol. The molecule has 2 N–H and O–H groups in total. The Hall–Kier alpha value is -1.12. The van der Waals surface area contributed by atoms with Gasteiger partial charge < -0.3 is 10.00 Å². The minimum absolute atomic E-state index is 0.153. The van der Waals surface area contributed by atoms with Gasteiger partial charge in [-0.2, -0.15) is 0 Å². The second-order valence-electron chi connectivity index (χ2n) is 4.00. The number of hydrogen-bond donors (Lipinski definition) is 2. The minimum atomic E-state index is -3.46. The van der Waals surface area contributed by atoms with Crippen molar-refractivity contribution in [2.45, 2.75) is 25.4 Å². The fraction of sp³-hybridized carbons (Fsp3) is 0.417. The van der Waals surface area contributed by atoms with Gasteiger partial charge in [0.25, 0.3) is 0 Å². The van der Waals surface area contributed by atoms with E-state index in [1.165, 1.54) is 0 Å². The van der Waals surface area contributed by atoms with Gasteiger partial charge in [0.2, 0.25) is 7.37 Å². The van der Waals surface area contributed by atoms with E-state index < -0.39 is 19.0 Å². The van der Waals surface area contributed by atoms with E-state index in [9.17, 15) is 14.3 Å². The van der Waals surface area contributed by atoms with Crippen LogP contribution in [0.2, 0.25) is 0 Å². The lowest BCUT2D eigenvalue weighted by molar-refractivity contribution is -0.137. The van der Waals surface area contributed by atoms with Crippen LogP contribution in [0.5, 0.6) is 0 Å². The summed E-state index contributed by atoms with van der Waals surface area (Å²) < 4.78 is 12.1. The third kappa shape index (κ3) is 3.99. The Morgan fingerprint density at radius 2 is 1.94 bits per heavy atom. The molecule has 0 aromatic heterocycles. The number of benzene rings is 1. The predicted octanol–water partition coefficient (Wildman–Crippen LogP) is 2.88. The molecule has 0 bridgehead atoms. The number of hydrogen-bond acceptors (Lipinski definition) is 2. The van der Waals surface area contributed by atoms with Gasteiger partial charge in [-0.05, 0) is 12.0 Å². The van der Waals surface area contributed by atoms with Gasteiger partial charge in [0, 0.05) is 6.16 Å². The molecule has 4 nitrogen and oxygen atoms in total. The molecule has 1 aromatic rings. The summed E-state index contributed by atoms with van der Waals surface area (Å²) in [6.45, 7) is 1.81. The lowest BCUT2D eigenvalue weighted by Crippen LogP contribution is -2.09. The van der Waals surface area contributed by atoms with Gasteiger partial charge >= 0.3 is 5.97 Å². The summed E-state index contributed by atoms with van der Waals surface area (Å²) in [4.78, 5) is 20.8. The predicted molar refractivity (Wildman–Crippen MR) is 66.4 cm³/mol. The molecule has 17 heavy (non-hydrogen) atoms. The van der Waals surface area contributed by atoms with Crippen molar-refractivity contribution in [2.75, 3.05) is 6.16 Å². The molecule has 5 heteroatoms. The number of aliphatic carboxylic acids is 1. The van der Waals surface area contributed by atoms with Gasteiger partial charge in [0.15, 0.2) is 0 Å². The molecule has 0 aliphatic heterocycles. The largest absolute Gasteiger partial charge is 0.481 e. The van der Waals surface area contributed by atoms with Crippen LogP contribution in [-0.4, -0.2) is 22.1 Å². The Bertz CT molecular complexity index is 416. The standard InChI is InChI=1S/C12H17O4P/c1-2-8-17(15,16)11(9-12(13)14)10-6-4-3-5-7-10/h3-7,11H,2,8-9H2,1H3,(H,13,14)(H,15,16). The summed E-state index contributed by atoms with van der Waals surface area (Å²) >= 11 is 0. The van der Waals surface area contributed by atoms with Crippen LogP contribution >= 0.6 is 7.37 Å². The van der Waals surface area contributed by atoms with Crippen LogP contribution in [0, 0.1) is 0 Å². The second-order valence-corrected chi connectivity index (χ2v) is 6.59. The van der Waals surface area contributed by atoms with Crippen molar-refractivity contribution < 1.29 is 19.4 Å². The maximum absolute atomic E-state index is 12.1. The number of carbonyl (C=O) groups is 1. The lowest BCUT2D eigenvalue weighted by Gasteiger charge is -2.21. The van der Waals surface area contributed by atoms with Gasteiger partial charge in [-0.1, -0.05) is 37.3 Å². The molecule has 0 fully saturated rings. The van der Waals surface area contributed by atoms with Crippen LogP contribution in [-0.2, 0) is 9.36 Å². The van der Waals surface area contributed by atoms with Crippen LogP contribution in [0.1, 0.15) is 31.0 Å². The van der Waals surface area contributed by atoms with Crippen LogP contribution in [0.25, 0.3) is 0 Å². The number of carboxylic acid groups (broad SMARTS) is 1. The Labute approximate surface area is 101 Å². The van der Waals surface area contributed by atoms with Crippen LogP contribution < -0.4 is 0 Å². The van der Waals surface area contributed by atoms with Crippen LogP contribution in [0.3, 0.4) is 0 Å². The Kier molecular flexibility index (Phi) is 4.91. The average Bonchev–Trinajstić information content (AvgIpc) is 2.26. The van der Waals surface area contributed by atoms with Crippen LogP contribution in [0.4, 0.5) is 0 Å². The maximum atomic E-state index is 12.1. The number of carboxylic acids is 1. The molecule has 0 saturated heterocycles. The normalized spacial score (nSPS) is 16.1. The molecular formula is C12H17O4P. The fourth-order valence-electron chi connectivity index (χ4n) is 1.81. The zero-order valence-electron chi connectivity index (χ0n) is 9.74. The second kappa shape index (κ2) is 5.99. The highest BCUT2D eigenvalue weighted by atomic mass is 31.2. The van der Waals surface area contributed by atoms with Crippen molar-refractivity contribution in [2.24, 2.45) is 0 Å². The van der Waals surface area contributed by atoms with E-state index in [2.05, 4.69) is 0 Å². The Morgan fingerprint density at radius 3 is 2.41 bits per heavy atom. The van der Waals surface area contributed by atoms with Crippen molar-refractivity contribution >= 4 is 13.3 Å². The summed E-state index contributed by atoms with van der Waals surface area (Å²) in [5.74, 6) is -1.05. The molecule has 0 amide bonds. The van der Waals surface area contributed by atoms with Gasteiger partial charge in [-0.25, -0.2) is 0 Å². The quantitative estimate of drug-likeness (QED) is 0.767. The van der Waals surface area contributed by atoms with Crippen LogP contribution in [0.15, 0.2) is 30.3 Å². The first-order valence-electron chi connectivity index (χ1n) is 5.55. The van der Waals surface area contributed by atoms with Crippen molar-refractivity contribution in [3.8, 4) is 0 Å². The topological polar surface area (TPSA) is 74.6 Å². The smallest absolute Gasteiger partial charge is 0.304 e. The summed E-state index contributed by atoms with van der Waals surface area (Å²) in [5.41, 5.74) is -0.185. The van der Waals surface area contributed by atoms with Gasteiger partial charge in [-0.3, -0.25) is 9.36 Å². The highest BCUT2D eigenvalue weighted by molar-refractivity contribution is 7.58. The molecule has 0 aliphatic carbocycles. The highest BCUT2D eigenvalue weighted by Crippen LogP contribution is 2.57. The SMILES string of the molecule is CCCP(=O)(O)C(CC(=O)O)c1ccccc1. The number of rotatable bonds is 6. The molecule has 94 valence electrons. The highest BCUT2D eigenvalue weighted by Gasteiger charge is 2.33. The van der Waals surface area contributed by atoms with E-state index >= 15 is 0 Å². The fourth-order valence-corrected chi connectivity index (χ4v) is 3.84. The Morgan fingerprint density at radius 1 is 1.35 bits per heavy atom. The monoisotopic (exact) mass is 256 g/mol. The third-order valence-corrected chi connectivity index (χ3v) is 5.13. The van der Waals surface area contributed by atoms with Crippen molar-refractivity contribution in [3.05, 3.63) is 35.9 Å². The summed E-state index contributed by atoms with van der Waals surface area (Å²) in [5, 5.41) is 8.84. The summed E-state index contributed by atoms with van der Waals surface area (Å²) in [7, 11) is -3.46. The molecule has 0 heterocycles. The first-order valence-corrected chi connectivity index (χ1v) is 7.47. The lowest BCUT2D eigenvalue weighted by atomic mass is 10.1. The van der Waals surface area contributed by atoms with E-state index in [-0.39, 0.29) is 12.6 Å². The van der Waals surface area contributed by atoms with E-state index in [1.807, 2.05) is 6.92 Å². The molecule has 0 spiro atoms. The molecule has 1 rings (SSSR count).